The highest BCUT2D eigenvalue weighted by atomic mass is 19.3. The van der Waals surface area contributed by atoms with Gasteiger partial charge in [0.1, 0.15) is 5.75 Å². The van der Waals surface area contributed by atoms with Crippen molar-refractivity contribution >= 4 is 0 Å². The lowest BCUT2D eigenvalue weighted by molar-refractivity contribution is -0.0507. The lowest BCUT2D eigenvalue weighted by Crippen LogP contribution is -2.40. The van der Waals surface area contributed by atoms with Crippen LogP contribution in [0.3, 0.4) is 0 Å². The quantitative estimate of drug-likeness (QED) is 0.873. The number of hydrogen-bond donors (Lipinski definition) is 2. The van der Waals surface area contributed by atoms with E-state index < -0.39 is 6.61 Å². The van der Waals surface area contributed by atoms with E-state index in [2.05, 4.69) is 10.1 Å². The Balaban J connectivity index is 2.02. The minimum absolute atomic E-state index is 0.0414. The maximum absolute atomic E-state index is 12.4. The van der Waals surface area contributed by atoms with Gasteiger partial charge in [-0.05, 0) is 32.3 Å². The first-order valence-corrected chi connectivity index (χ1v) is 7.11. The van der Waals surface area contributed by atoms with Crippen molar-refractivity contribution in [2.75, 3.05) is 0 Å². The molecule has 1 fully saturated rings. The molecule has 3 atom stereocenters. The van der Waals surface area contributed by atoms with Crippen LogP contribution in [0.25, 0.3) is 0 Å². The van der Waals surface area contributed by atoms with Crippen LogP contribution in [-0.4, -0.2) is 18.7 Å². The molecule has 0 radical (unpaired) electrons. The Morgan fingerprint density at radius 2 is 2.05 bits per heavy atom. The molecule has 3 N–H and O–H groups in total. The van der Waals surface area contributed by atoms with Gasteiger partial charge in [0.2, 0.25) is 0 Å². The Hall–Kier alpha value is -1.20. The van der Waals surface area contributed by atoms with Crippen LogP contribution in [0.15, 0.2) is 24.3 Å². The molecule has 1 aromatic rings. The Labute approximate surface area is 118 Å². The molecule has 0 spiro atoms. The summed E-state index contributed by atoms with van der Waals surface area (Å²) >= 11 is 0. The van der Waals surface area contributed by atoms with Gasteiger partial charge in [0, 0.05) is 23.7 Å². The number of alkyl halides is 2. The van der Waals surface area contributed by atoms with Gasteiger partial charge >= 0.3 is 6.61 Å². The summed E-state index contributed by atoms with van der Waals surface area (Å²) < 4.78 is 29.4. The first-order chi connectivity index (χ1) is 9.56. The third-order valence-electron chi connectivity index (χ3n) is 3.80. The van der Waals surface area contributed by atoms with Gasteiger partial charge in [0.05, 0.1) is 0 Å². The molecule has 1 aliphatic carbocycles. The van der Waals surface area contributed by atoms with Gasteiger partial charge in [0.25, 0.3) is 0 Å². The number of ether oxygens (including phenoxy) is 1. The highest BCUT2D eigenvalue weighted by Gasteiger charge is 2.22. The van der Waals surface area contributed by atoms with Gasteiger partial charge in [-0.25, -0.2) is 0 Å². The van der Waals surface area contributed by atoms with E-state index in [-0.39, 0.29) is 17.8 Å². The van der Waals surface area contributed by atoms with Crippen LogP contribution >= 0.6 is 0 Å². The van der Waals surface area contributed by atoms with Gasteiger partial charge in [-0.1, -0.05) is 24.6 Å². The van der Waals surface area contributed by atoms with Crippen LogP contribution < -0.4 is 15.8 Å². The van der Waals surface area contributed by atoms with Crippen LogP contribution in [0.1, 0.15) is 44.2 Å². The predicted molar refractivity (Wildman–Crippen MR) is 74.9 cm³/mol. The van der Waals surface area contributed by atoms with E-state index in [9.17, 15) is 8.78 Å². The Morgan fingerprint density at radius 1 is 1.30 bits per heavy atom. The van der Waals surface area contributed by atoms with E-state index in [1.54, 1.807) is 12.1 Å². The van der Waals surface area contributed by atoms with E-state index >= 15 is 0 Å². The molecule has 0 saturated heterocycles. The Kier molecular flexibility index (Phi) is 5.31. The fraction of sp³-hybridized carbons (Fsp3) is 0.600. The summed E-state index contributed by atoms with van der Waals surface area (Å²) in [6.07, 6.45) is 4.19. The zero-order chi connectivity index (χ0) is 14.5. The fourth-order valence-corrected chi connectivity index (χ4v) is 2.86. The molecular weight excluding hydrogens is 262 g/mol. The second-order valence-corrected chi connectivity index (χ2v) is 5.43. The molecule has 3 nitrogen and oxygen atoms in total. The number of hydrogen-bond acceptors (Lipinski definition) is 3. The van der Waals surface area contributed by atoms with Crippen molar-refractivity contribution in [2.45, 2.75) is 57.3 Å². The molecule has 0 amide bonds. The topological polar surface area (TPSA) is 47.3 Å². The largest absolute Gasteiger partial charge is 0.434 e. The molecule has 0 bridgehead atoms. The Bertz CT molecular complexity index is 428. The summed E-state index contributed by atoms with van der Waals surface area (Å²) in [6.45, 7) is -0.834. The minimum atomic E-state index is -2.80. The highest BCUT2D eigenvalue weighted by molar-refractivity contribution is 5.35. The standard InChI is InChI=1S/C15H22F2N2O/c1-10(19-12-6-4-5-11(18)9-12)13-7-2-3-8-14(13)20-15(16)17/h2-3,7-8,10-12,15,19H,4-6,9,18H2,1H3. The van der Waals surface area contributed by atoms with Crippen molar-refractivity contribution in [3.05, 3.63) is 29.8 Å². The van der Waals surface area contributed by atoms with Crippen molar-refractivity contribution in [3.8, 4) is 5.75 Å². The number of halogens is 2. The molecular formula is C15H22F2N2O. The molecule has 1 saturated carbocycles. The van der Waals surface area contributed by atoms with Crippen molar-refractivity contribution in [2.24, 2.45) is 5.73 Å². The average molecular weight is 284 g/mol. The number of para-hydroxylation sites is 1. The predicted octanol–water partition coefficient (Wildman–Crippen LogP) is 3.21. The van der Waals surface area contributed by atoms with E-state index in [0.29, 0.717) is 6.04 Å². The number of benzene rings is 1. The third kappa shape index (κ3) is 4.15. The van der Waals surface area contributed by atoms with Crippen molar-refractivity contribution in [1.29, 1.82) is 0 Å². The summed E-state index contributed by atoms with van der Waals surface area (Å²) in [5.41, 5.74) is 6.73. The summed E-state index contributed by atoms with van der Waals surface area (Å²) in [4.78, 5) is 0. The molecule has 1 aromatic carbocycles. The van der Waals surface area contributed by atoms with E-state index in [4.69, 9.17) is 5.73 Å². The zero-order valence-corrected chi connectivity index (χ0v) is 11.7. The van der Waals surface area contributed by atoms with E-state index in [1.165, 1.54) is 0 Å². The summed E-state index contributed by atoms with van der Waals surface area (Å²) in [6, 6.07) is 7.46. The van der Waals surface area contributed by atoms with E-state index in [0.717, 1.165) is 31.2 Å². The molecule has 0 heterocycles. The van der Waals surface area contributed by atoms with Gasteiger partial charge in [-0.15, -0.1) is 0 Å². The Morgan fingerprint density at radius 3 is 2.75 bits per heavy atom. The first kappa shape index (κ1) is 15.2. The van der Waals surface area contributed by atoms with Gasteiger partial charge in [-0.3, -0.25) is 0 Å². The molecule has 5 heteroatoms. The van der Waals surface area contributed by atoms with Crippen molar-refractivity contribution < 1.29 is 13.5 Å². The van der Waals surface area contributed by atoms with Crippen LogP contribution in [0.2, 0.25) is 0 Å². The van der Waals surface area contributed by atoms with Crippen molar-refractivity contribution in [1.82, 2.24) is 5.32 Å². The van der Waals surface area contributed by atoms with E-state index in [1.807, 2.05) is 19.1 Å². The molecule has 1 aliphatic rings. The molecule has 2 rings (SSSR count). The normalized spacial score (nSPS) is 24.6. The van der Waals surface area contributed by atoms with Gasteiger partial charge < -0.3 is 15.8 Å². The zero-order valence-electron chi connectivity index (χ0n) is 11.7. The van der Waals surface area contributed by atoms with Crippen LogP contribution in [0, 0.1) is 0 Å². The fourth-order valence-electron chi connectivity index (χ4n) is 2.86. The molecule has 0 aromatic heterocycles. The number of nitrogens with two attached hydrogens (primary N) is 1. The maximum atomic E-state index is 12.4. The monoisotopic (exact) mass is 284 g/mol. The molecule has 20 heavy (non-hydrogen) atoms. The van der Waals surface area contributed by atoms with Crippen molar-refractivity contribution in [3.63, 3.8) is 0 Å². The summed E-state index contributed by atoms with van der Waals surface area (Å²) in [5.74, 6) is 0.239. The maximum Gasteiger partial charge on any atom is 0.387 e. The number of nitrogens with one attached hydrogen (secondary N) is 1. The average Bonchev–Trinajstić information content (AvgIpc) is 2.38. The second kappa shape index (κ2) is 6.99. The third-order valence-corrected chi connectivity index (χ3v) is 3.80. The first-order valence-electron chi connectivity index (χ1n) is 7.11. The second-order valence-electron chi connectivity index (χ2n) is 5.43. The van der Waals surface area contributed by atoms with Crippen LogP contribution in [0.4, 0.5) is 8.78 Å². The summed E-state index contributed by atoms with van der Waals surface area (Å²) in [5, 5.41) is 3.47. The van der Waals surface area contributed by atoms with Crippen LogP contribution in [-0.2, 0) is 0 Å². The minimum Gasteiger partial charge on any atom is -0.434 e. The van der Waals surface area contributed by atoms with Gasteiger partial charge in [-0.2, -0.15) is 8.78 Å². The SMILES string of the molecule is CC(NC1CCCC(N)C1)c1ccccc1OC(F)F. The lowest BCUT2D eigenvalue weighted by Gasteiger charge is -2.30. The smallest absolute Gasteiger partial charge is 0.387 e. The molecule has 0 aliphatic heterocycles. The van der Waals surface area contributed by atoms with Crippen LogP contribution in [0.5, 0.6) is 5.75 Å². The summed E-state index contributed by atoms with van der Waals surface area (Å²) in [7, 11) is 0. The number of rotatable bonds is 5. The lowest BCUT2D eigenvalue weighted by atomic mass is 9.90. The van der Waals surface area contributed by atoms with Gasteiger partial charge in [0.15, 0.2) is 0 Å². The molecule has 112 valence electrons. The highest BCUT2D eigenvalue weighted by Crippen LogP contribution is 2.28. The molecule has 3 unspecified atom stereocenters.